The second kappa shape index (κ2) is 5.51. The van der Waals surface area contributed by atoms with Crippen LogP contribution in [0.25, 0.3) is 0 Å². The molecule has 4 N–H and O–H groups in total. The minimum absolute atomic E-state index is 0.00706. The van der Waals surface area contributed by atoms with Gasteiger partial charge in [-0.15, -0.1) is 11.3 Å². The van der Waals surface area contributed by atoms with E-state index < -0.39 is 0 Å². The average molecular weight is 255 g/mol. The van der Waals surface area contributed by atoms with Crippen molar-refractivity contribution in [1.29, 1.82) is 0 Å². The average Bonchev–Trinajstić information content (AvgIpc) is 2.57. The van der Waals surface area contributed by atoms with Gasteiger partial charge in [0.15, 0.2) is 0 Å². The van der Waals surface area contributed by atoms with E-state index in [1.165, 1.54) is 0 Å². The molecule has 0 aromatic carbocycles. The van der Waals surface area contributed by atoms with Crippen LogP contribution in [-0.2, 0) is 11.3 Å². The van der Waals surface area contributed by atoms with E-state index in [0.29, 0.717) is 6.54 Å². The maximum Gasteiger partial charge on any atom is 0.237 e. The lowest BCUT2D eigenvalue weighted by Gasteiger charge is -2.23. The zero-order valence-corrected chi connectivity index (χ0v) is 11.6. The van der Waals surface area contributed by atoms with Crippen molar-refractivity contribution in [3.8, 4) is 0 Å². The molecular formula is C12H21N3OS. The largest absolute Gasteiger partial charge is 0.398 e. The van der Waals surface area contributed by atoms with E-state index in [1.54, 1.807) is 11.3 Å². The molecule has 0 saturated heterocycles. The first kappa shape index (κ1) is 14.0. The molecule has 96 valence electrons. The van der Waals surface area contributed by atoms with Crippen molar-refractivity contribution in [2.24, 2.45) is 0 Å². The highest BCUT2D eigenvalue weighted by Crippen LogP contribution is 2.18. The van der Waals surface area contributed by atoms with Gasteiger partial charge in [-0.1, -0.05) is 0 Å². The second-order valence-electron chi connectivity index (χ2n) is 5.14. The van der Waals surface area contributed by atoms with Gasteiger partial charge < -0.3 is 16.4 Å². The number of anilines is 1. The van der Waals surface area contributed by atoms with E-state index in [4.69, 9.17) is 5.73 Å². The van der Waals surface area contributed by atoms with Crippen molar-refractivity contribution in [3.05, 3.63) is 16.3 Å². The summed E-state index contributed by atoms with van der Waals surface area (Å²) in [6, 6.07) is 1.65. The number of amides is 1. The maximum absolute atomic E-state index is 11.8. The van der Waals surface area contributed by atoms with Crippen LogP contribution in [0.3, 0.4) is 0 Å². The molecule has 0 aliphatic carbocycles. The van der Waals surface area contributed by atoms with Crippen LogP contribution in [-0.4, -0.2) is 17.5 Å². The minimum Gasteiger partial charge on any atom is -0.398 e. The van der Waals surface area contributed by atoms with E-state index in [9.17, 15) is 4.79 Å². The quantitative estimate of drug-likeness (QED) is 0.767. The van der Waals surface area contributed by atoms with Gasteiger partial charge in [0.25, 0.3) is 0 Å². The molecule has 1 unspecified atom stereocenters. The molecule has 1 heterocycles. The van der Waals surface area contributed by atoms with Crippen LogP contribution < -0.4 is 16.4 Å². The topological polar surface area (TPSA) is 67.1 Å². The SMILES string of the molecule is CC(NCc1sccc1N)C(=O)NC(C)(C)C. The van der Waals surface area contributed by atoms with Gasteiger partial charge in [-0.05, 0) is 39.1 Å². The van der Waals surface area contributed by atoms with Gasteiger partial charge in [-0.2, -0.15) is 0 Å². The summed E-state index contributed by atoms with van der Waals surface area (Å²) < 4.78 is 0. The third kappa shape index (κ3) is 4.75. The molecule has 0 aliphatic rings. The maximum atomic E-state index is 11.8. The van der Waals surface area contributed by atoms with Crippen LogP contribution in [0, 0.1) is 0 Å². The van der Waals surface area contributed by atoms with Crippen LogP contribution in [0.2, 0.25) is 0 Å². The number of nitrogens with two attached hydrogens (primary N) is 1. The number of nitrogens with one attached hydrogen (secondary N) is 2. The molecule has 1 aromatic heterocycles. The zero-order chi connectivity index (χ0) is 13.1. The van der Waals surface area contributed by atoms with Crippen LogP contribution in [0.15, 0.2) is 11.4 Å². The molecule has 0 bridgehead atoms. The fourth-order valence-corrected chi connectivity index (χ4v) is 2.06. The van der Waals surface area contributed by atoms with E-state index >= 15 is 0 Å². The van der Waals surface area contributed by atoms with Gasteiger partial charge in [0.1, 0.15) is 0 Å². The molecule has 1 atom stereocenters. The summed E-state index contributed by atoms with van der Waals surface area (Å²) in [7, 11) is 0. The van der Waals surface area contributed by atoms with E-state index in [-0.39, 0.29) is 17.5 Å². The second-order valence-corrected chi connectivity index (χ2v) is 6.14. The number of nitrogen functional groups attached to an aromatic ring is 1. The molecule has 1 aromatic rings. The number of hydrogen-bond donors (Lipinski definition) is 3. The predicted octanol–water partition coefficient (Wildman–Crippen LogP) is 1.72. The third-order valence-electron chi connectivity index (χ3n) is 2.24. The Kier molecular flexibility index (Phi) is 4.54. The molecule has 0 saturated carbocycles. The lowest BCUT2D eigenvalue weighted by atomic mass is 10.1. The highest BCUT2D eigenvalue weighted by molar-refractivity contribution is 7.10. The highest BCUT2D eigenvalue weighted by atomic mass is 32.1. The summed E-state index contributed by atoms with van der Waals surface area (Å²) in [6.07, 6.45) is 0. The molecular weight excluding hydrogens is 234 g/mol. The number of rotatable bonds is 4. The lowest BCUT2D eigenvalue weighted by molar-refractivity contribution is -0.124. The van der Waals surface area contributed by atoms with Gasteiger partial charge in [0, 0.05) is 22.6 Å². The van der Waals surface area contributed by atoms with E-state index in [2.05, 4.69) is 10.6 Å². The summed E-state index contributed by atoms with van der Waals surface area (Å²) in [5.41, 5.74) is 6.36. The third-order valence-corrected chi connectivity index (χ3v) is 3.18. The summed E-state index contributed by atoms with van der Waals surface area (Å²) in [5.74, 6) is 0.00706. The fourth-order valence-electron chi connectivity index (χ4n) is 1.31. The first-order valence-electron chi connectivity index (χ1n) is 5.67. The molecule has 5 heteroatoms. The monoisotopic (exact) mass is 255 g/mol. The van der Waals surface area contributed by atoms with Gasteiger partial charge >= 0.3 is 0 Å². The predicted molar refractivity (Wildman–Crippen MR) is 72.9 cm³/mol. The normalized spacial score (nSPS) is 13.4. The lowest BCUT2D eigenvalue weighted by Crippen LogP contribution is -2.49. The van der Waals surface area contributed by atoms with Crippen molar-refractivity contribution >= 4 is 22.9 Å². The summed E-state index contributed by atoms with van der Waals surface area (Å²) in [5, 5.41) is 8.05. The first-order chi connectivity index (χ1) is 7.79. The highest BCUT2D eigenvalue weighted by Gasteiger charge is 2.18. The molecule has 1 amide bonds. The standard InChI is InChI=1S/C12H21N3OS/c1-8(11(16)15-12(2,3)4)14-7-10-9(13)5-6-17-10/h5-6,8,14H,7,13H2,1-4H3,(H,15,16). The number of carbonyl (C=O) groups excluding carboxylic acids is 1. The molecule has 0 radical (unpaired) electrons. The van der Waals surface area contributed by atoms with Crippen molar-refractivity contribution in [2.75, 3.05) is 5.73 Å². The van der Waals surface area contributed by atoms with Crippen LogP contribution in [0.4, 0.5) is 5.69 Å². The number of carbonyl (C=O) groups is 1. The van der Waals surface area contributed by atoms with E-state index in [1.807, 2.05) is 39.1 Å². The molecule has 1 rings (SSSR count). The van der Waals surface area contributed by atoms with Crippen molar-refractivity contribution in [3.63, 3.8) is 0 Å². The van der Waals surface area contributed by atoms with Gasteiger partial charge in [0.05, 0.1) is 6.04 Å². The Morgan fingerprint density at radius 3 is 2.65 bits per heavy atom. The van der Waals surface area contributed by atoms with Crippen LogP contribution in [0.5, 0.6) is 0 Å². The molecule has 17 heavy (non-hydrogen) atoms. The van der Waals surface area contributed by atoms with Crippen molar-refractivity contribution in [1.82, 2.24) is 10.6 Å². The molecule has 0 fully saturated rings. The molecule has 0 spiro atoms. The van der Waals surface area contributed by atoms with Gasteiger partial charge in [-0.25, -0.2) is 0 Å². The Balaban J connectivity index is 2.42. The fraction of sp³-hybridized carbons (Fsp3) is 0.583. The van der Waals surface area contributed by atoms with Gasteiger partial charge in [0.2, 0.25) is 5.91 Å². The van der Waals surface area contributed by atoms with Crippen molar-refractivity contribution < 1.29 is 4.79 Å². The Morgan fingerprint density at radius 1 is 1.53 bits per heavy atom. The summed E-state index contributed by atoms with van der Waals surface area (Å²) in [6.45, 7) is 8.38. The molecule has 4 nitrogen and oxygen atoms in total. The Bertz CT molecular complexity index is 381. The first-order valence-corrected chi connectivity index (χ1v) is 6.55. The summed E-state index contributed by atoms with van der Waals surface area (Å²) >= 11 is 1.60. The Hall–Kier alpha value is -1.07. The Labute approximate surface area is 107 Å². The number of hydrogen-bond acceptors (Lipinski definition) is 4. The van der Waals surface area contributed by atoms with Crippen molar-refractivity contribution in [2.45, 2.75) is 45.8 Å². The smallest absolute Gasteiger partial charge is 0.237 e. The van der Waals surface area contributed by atoms with E-state index in [0.717, 1.165) is 10.6 Å². The summed E-state index contributed by atoms with van der Waals surface area (Å²) in [4.78, 5) is 12.9. The van der Waals surface area contributed by atoms with Crippen LogP contribution in [0.1, 0.15) is 32.6 Å². The molecule has 0 aliphatic heterocycles. The zero-order valence-electron chi connectivity index (χ0n) is 10.8. The van der Waals surface area contributed by atoms with Gasteiger partial charge in [-0.3, -0.25) is 4.79 Å². The Morgan fingerprint density at radius 2 is 2.18 bits per heavy atom. The number of thiophene rings is 1. The van der Waals surface area contributed by atoms with Crippen LogP contribution >= 0.6 is 11.3 Å². The minimum atomic E-state index is -0.226.